The number of pyridine rings is 1. The first-order valence-electron chi connectivity index (χ1n) is 5.26. The summed E-state index contributed by atoms with van der Waals surface area (Å²) in [5, 5.41) is 2.77. The van der Waals surface area contributed by atoms with Crippen molar-refractivity contribution >= 4 is 43.6 Å². The van der Waals surface area contributed by atoms with Crippen molar-refractivity contribution in [3.63, 3.8) is 0 Å². The zero-order valence-corrected chi connectivity index (χ0v) is 12.7. The zero-order chi connectivity index (χ0) is 13.1. The van der Waals surface area contributed by atoms with Crippen molar-refractivity contribution in [2.75, 3.05) is 5.32 Å². The van der Waals surface area contributed by atoms with Gasteiger partial charge in [-0.25, -0.2) is 4.98 Å². The summed E-state index contributed by atoms with van der Waals surface area (Å²) in [4.78, 5) is 16.2. The van der Waals surface area contributed by atoms with Gasteiger partial charge in [0.2, 0.25) is 0 Å². The smallest absolute Gasteiger partial charge is 0.257 e. The first-order chi connectivity index (χ1) is 8.58. The van der Waals surface area contributed by atoms with Crippen molar-refractivity contribution in [3.05, 3.63) is 56.6 Å². The Morgan fingerprint density at radius 1 is 1.22 bits per heavy atom. The summed E-state index contributed by atoms with van der Waals surface area (Å²) >= 11 is 6.72. The van der Waals surface area contributed by atoms with Crippen LogP contribution < -0.4 is 5.32 Å². The molecule has 0 aliphatic rings. The lowest BCUT2D eigenvalue weighted by atomic mass is 10.2. The van der Waals surface area contributed by atoms with Gasteiger partial charge in [-0.2, -0.15) is 0 Å². The van der Waals surface area contributed by atoms with Gasteiger partial charge in [-0.15, -0.1) is 0 Å². The molecule has 2 rings (SSSR count). The largest absolute Gasteiger partial charge is 0.307 e. The number of carbonyl (C=O) groups is 1. The van der Waals surface area contributed by atoms with E-state index in [0.29, 0.717) is 11.4 Å². The molecular weight excluding hydrogens is 360 g/mol. The standard InChI is InChI=1S/C13H10Br2N2O/c1-8-6-12(16-7-11(8)15)17-13(18)9-4-2-3-5-10(9)14/h2-7H,1H3,(H,16,17,18). The summed E-state index contributed by atoms with van der Waals surface area (Å²) in [7, 11) is 0. The van der Waals surface area contributed by atoms with Crippen LogP contribution in [0.1, 0.15) is 15.9 Å². The zero-order valence-electron chi connectivity index (χ0n) is 9.58. The first-order valence-corrected chi connectivity index (χ1v) is 6.84. The normalized spacial score (nSPS) is 10.2. The van der Waals surface area contributed by atoms with Crippen molar-refractivity contribution in [1.82, 2.24) is 4.98 Å². The molecule has 0 fully saturated rings. The van der Waals surface area contributed by atoms with Crippen LogP contribution in [-0.4, -0.2) is 10.9 Å². The number of nitrogens with one attached hydrogen (secondary N) is 1. The van der Waals surface area contributed by atoms with E-state index in [1.165, 1.54) is 0 Å². The molecule has 18 heavy (non-hydrogen) atoms. The molecular formula is C13H10Br2N2O. The van der Waals surface area contributed by atoms with Crippen LogP contribution in [0.5, 0.6) is 0 Å². The molecule has 1 aromatic heterocycles. The number of hydrogen-bond donors (Lipinski definition) is 1. The van der Waals surface area contributed by atoms with E-state index in [1.54, 1.807) is 12.3 Å². The summed E-state index contributed by atoms with van der Waals surface area (Å²) in [6.07, 6.45) is 1.67. The van der Waals surface area contributed by atoms with Gasteiger partial charge >= 0.3 is 0 Å². The second-order valence-electron chi connectivity index (χ2n) is 3.75. The van der Waals surface area contributed by atoms with Crippen molar-refractivity contribution in [2.45, 2.75) is 6.92 Å². The Labute approximate surface area is 122 Å². The van der Waals surface area contributed by atoms with E-state index in [4.69, 9.17) is 0 Å². The van der Waals surface area contributed by atoms with Crippen LogP contribution >= 0.6 is 31.9 Å². The average molecular weight is 370 g/mol. The fraction of sp³-hybridized carbons (Fsp3) is 0.0769. The Kier molecular flexibility index (Phi) is 4.14. The van der Waals surface area contributed by atoms with Gasteiger partial charge in [-0.3, -0.25) is 4.79 Å². The number of carbonyl (C=O) groups excluding carboxylic acids is 1. The van der Waals surface area contributed by atoms with E-state index in [1.807, 2.05) is 31.2 Å². The van der Waals surface area contributed by atoms with Gasteiger partial charge in [0, 0.05) is 15.1 Å². The van der Waals surface area contributed by atoms with E-state index >= 15 is 0 Å². The molecule has 2 aromatic rings. The third-order valence-corrected chi connectivity index (χ3v) is 3.93. The van der Waals surface area contributed by atoms with Crippen molar-refractivity contribution in [2.24, 2.45) is 0 Å². The maximum absolute atomic E-state index is 12.0. The number of aryl methyl sites for hydroxylation is 1. The second kappa shape index (κ2) is 5.63. The highest BCUT2D eigenvalue weighted by Crippen LogP contribution is 2.20. The molecule has 0 saturated carbocycles. The molecule has 0 atom stereocenters. The minimum atomic E-state index is -0.184. The molecule has 1 N–H and O–H groups in total. The number of rotatable bonds is 2. The van der Waals surface area contributed by atoms with Crippen molar-refractivity contribution < 1.29 is 4.79 Å². The highest BCUT2D eigenvalue weighted by atomic mass is 79.9. The van der Waals surface area contributed by atoms with Crippen LogP contribution in [0.3, 0.4) is 0 Å². The van der Waals surface area contributed by atoms with E-state index in [-0.39, 0.29) is 5.91 Å². The SMILES string of the molecule is Cc1cc(NC(=O)c2ccccc2Br)ncc1Br. The Hall–Kier alpha value is -1.20. The van der Waals surface area contributed by atoms with E-state index in [9.17, 15) is 4.79 Å². The van der Waals surface area contributed by atoms with Crippen LogP contribution in [0.15, 0.2) is 45.5 Å². The average Bonchev–Trinajstić information content (AvgIpc) is 2.34. The molecule has 0 aliphatic carbocycles. The molecule has 3 nitrogen and oxygen atoms in total. The number of aromatic nitrogens is 1. The third-order valence-electron chi connectivity index (χ3n) is 2.41. The lowest BCUT2D eigenvalue weighted by molar-refractivity contribution is 0.102. The summed E-state index contributed by atoms with van der Waals surface area (Å²) < 4.78 is 1.68. The minimum Gasteiger partial charge on any atom is -0.307 e. The quantitative estimate of drug-likeness (QED) is 0.863. The Morgan fingerprint density at radius 2 is 1.94 bits per heavy atom. The number of benzene rings is 1. The van der Waals surface area contributed by atoms with Crippen molar-refractivity contribution in [3.8, 4) is 0 Å². The molecule has 0 saturated heterocycles. The maximum Gasteiger partial charge on any atom is 0.257 e. The molecule has 0 spiro atoms. The topological polar surface area (TPSA) is 42.0 Å². The van der Waals surface area contributed by atoms with E-state index < -0.39 is 0 Å². The minimum absolute atomic E-state index is 0.184. The summed E-state index contributed by atoms with van der Waals surface area (Å²) in [5.74, 6) is 0.355. The number of nitrogens with zero attached hydrogens (tertiary/aromatic N) is 1. The monoisotopic (exact) mass is 368 g/mol. The second-order valence-corrected chi connectivity index (χ2v) is 5.46. The van der Waals surface area contributed by atoms with Gasteiger partial charge < -0.3 is 5.32 Å². The van der Waals surface area contributed by atoms with Crippen LogP contribution in [0, 0.1) is 6.92 Å². The maximum atomic E-state index is 12.0. The summed E-state index contributed by atoms with van der Waals surface area (Å²) in [6, 6.07) is 9.09. The van der Waals surface area contributed by atoms with E-state index in [0.717, 1.165) is 14.5 Å². The fourth-order valence-electron chi connectivity index (χ4n) is 1.44. The Bertz CT molecular complexity index is 599. The highest BCUT2D eigenvalue weighted by Gasteiger charge is 2.10. The molecule has 1 amide bonds. The van der Waals surface area contributed by atoms with Gasteiger partial charge in [0.25, 0.3) is 5.91 Å². The lowest BCUT2D eigenvalue weighted by Crippen LogP contribution is -2.13. The number of amides is 1. The first kappa shape index (κ1) is 13.2. The van der Waals surface area contributed by atoms with Crippen LogP contribution in [0.25, 0.3) is 0 Å². The molecule has 1 heterocycles. The fourth-order valence-corrected chi connectivity index (χ4v) is 2.12. The third kappa shape index (κ3) is 2.97. The predicted molar refractivity (Wildman–Crippen MR) is 78.8 cm³/mol. The number of halogens is 2. The van der Waals surface area contributed by atoms with Crippen molar-refractivity contribution in [1.29, 1.82) is 0 Å². The lowest BCUT2D eigenvalue weighted by Gasteiger charge is -2.07. The van der Waals surface area contributed by atoms with Gasteiger partial charge in [0.05, 0.1) is 5.56 Å². The highest BCUT2D eigenvalue weighted by molar-refractivity contribution is 9.10. The van der Waals surface area contributed by atoms with Gasteiger partial charge in [-0.1, -0.05) is 12.1 Å². The van der Waals surface area contributed by atoms with Crippen LogP contribution in [0.4, 0.5) is 5.82 Å². The molecule has 0 unspecified atom stereocenters. The van der Waals surface area contributed by atoms with Gasteiger partial charge in [0.1, 0.15) is 5.82 Å². The molecule has 92 valence electrons. The molecule has 0 aliphatic heterocycles. The van der Waals surface area contributed by atoms with Gasteiger partial charge in [0.15, 0.2) is 0 Å². The Balaban J connectivity index is 2.22. The molecule has 1 aromatic carbocycles. The molecule has 5 heteroatoms. The number of hydrogen-bond acceptors (Lipinski definition) is 2. The molecule has 0 radical (unpaired) electrons. The van der Waals surface area contributed by atoms with Crippen LogP contribution in [0.2, 0.25) is 0 Å². The van der Waals surface area contributed by atoms with Crippen LogP contribution in [-0.2, 0) is 0 Å². The number of anilines is 1. The van der Waals surface area contributed by atoms with Gasteiger partial charge in [-0.05, 0) is 62.5 Å². The predicted octanol–water partition coefficient (Wildman–Crippen LogP) is 4.17. The summed E-state index contributed by atoms with van der Waals surface area (Å²) in [5.41, 5.74) is 1.60. The Morgan fingerprint density at radius 3 is 2.61 bits per heavy atom. The molecule has 0 bridgehead atoms. The summed E-state index contributed by atoms with van der Waals surface area (Å²) in [6.45, 7) is 1.94. The van der Waals surface area contributed by atoms with E-state index in [2.05, 4.69) is 42.2 Å².